The van der Waals surface area contributed by atoms with E-state index in [1.807, 2.05) is 30.3 Å². The van der Waals surface area contributed by atoms with Crippen LogP contribution in [-0.4, -0.2) is 41.2 Å². The van der Waals surface area contributed by atoms with Gasteiger partial charge < -0.3 is 15.3 Å². The van der Waals surface area contributed by atoms with Crippen LogP contribution in [0.15, 0.2) is 36.5 Å². The zero-order chi connectivity index (χ0) is 20.2. The summed E-state index contributed by atoms with van der Waals surface area (Å²) in [4.78, 5) is 19.9. The van der Waals surface area contributed by atoms with Crippen molar-refractivity contribution in [2.24, 2.45) is 0 Å². The number of nitrogens with zero attached hydrogens (tertiary/aromatic N) is 2. The second-order valence-corrected chi connectivity index (χ2v) is 8.52. The molecular formula is C23H28ClN3O2. The summed E-state index contributed by atoms with van der Waals surface area (Å²) in [6.07, 6.45) is 8.36. The van der Waals surface area contributed by atoms with Gasteiger partial charge in [0.15, 0.2) is 0 Å². The molecule has 4 rings (SSSR count). The zero-order valence-corrected chi connectivity index (χ0v) is 17.4. The van der Waals surface area contributed by atoms with Gasteiger partial charge in [-0.05, 0) is 55.9 Å². The van der Waals surface area contributed by atoms with Gasteiger partial charge in [-0.3, -0.25) is 4.79 Å². The fourth-order valence-electron chi connectivity index (χ4n) is 4.31. The van der Waals surface area contributed by atoms with Gasteiger partial charge in [-0.25, -0.2) is 4.98 Å². The average Bonchev–Trinajstić information content (AvgIpc) is 2.76. The van der Waals surface area contributed by atoms with Crippen molar-refractivity contribution >= 4 is 23.3 Å². The number of pyridine rings is 1. The molecule has 1 amide bonds. The molecule has 154 valence electrons. The summed E-state index contributed by atoms with van der Waals surface area (Å²) < 4.78 is 0. The molecule has 5 nitrogen and oxygen atoms in total. The van der Waals surface area contributed by atoms with Gasteiger partial charge in [-0.2, -0.15) is 0 Å². The fourth-order valence-corrected chi connectivity index (χ4v) is 4.44. The number of hydrogen-bond acceptors (Lipinski definition) is 4. The Hall–Kier alpha value is -2.11. The number of benzene rings is 1. The van der Waals surface area contributed by atoms with E-state index in [4.69, 9.17) is 16.6 Å². The first kappa shape index (κ1) is 20.2. The number of halogens is 1. The maximum Gasteiger partial charge on any atom is 0.253 e. The first-order chi connectivity index (χ1) is 14.1. The fraction of sp³-hybridized carbons (Fsp3) is 0.478. The van der Waals surface area contributed by atoms with Gasteiger partial charge in [0.2, 0.25) is 0 Å². The summed E-state index contributed by atoms with van der Waals surface area (Å²) in [5.41, 5.74) is 2.46. The quantitative estimate of drug-likeness (QED) is 0.778. The molecule has 2 atom stereocenters. The normalized spacial score (nSPS) is 22.3. The molecule has 2 aliphatic rings. The van der Waals surface area contributed by atoms with Crippen LogP contribution in [0.4, 0.5) is 5.82 Å². The lowest BCUT2D eigenvalue weighted by atomic mass is 9.92. The molecule has 2 aromatic rings. The van der Waals surface area contributed by atoms with Crippen LogP contribution in [-0.2, 0) is 0 Å². The first-order valence-electron chi connectivity index (χ1n) is 10.6. The maximum atomic E-state index is 12.9. The third kappa shape index (κ3) is 4.73. The molecule has 2 N–H and O–H groups in total. The number of piperidine rings is 1. The van der Waals surface area contributed by atoms with Gasteiger partial charge in [-0.15, -0.1) is 0 Å². The number of aromatic nitrogens is 1. The van der Waals surface area contributed by atoms with Crippen LogP contribution in [0.3, 0.4) is 0 Å². The minimum absolute atomic E-state index is 0.177. The van der Waals surface area contributed by atoms with E-state index in [0.717, 1.165) is 68.6 Å². The van der Waals surface area contributed by atoms with Gasteiger partial charge in [0.05, 0.1) is 17.7 Å². The molecule has 2 fully saturated rings. The van der Waals surface area contributed by atoms with Crippen LogP contribution in [0, 0.1) is 0 Å². The number of aliphatic hydroxyl groups is 1. The van der Waals surface area contributed by atoms with Crippen molar-refractivity contribution in [2.75, 3.05) is 18.0 Å². The molecule has 6 heteroatoms. The third-order valence-electron chi connectivity index (χ3n) is 5.99. The summed E-state index contributed by atoms with van der Waals surface area (Å²) in [7, 11) is 0. The minimum atomic E-state index is -0.469. The van der Waals surface area contributed by atoms with Crippen molar-refractivity contribution in [1.82, 2.24) is 10.3 Å². The Balaban J connectivity index is 1.64. The molecular weight excluding hydrogens is 386 g/mol. The summed E-state index contributed by atoms with van der Waals surface area (Å²) in [5.74, 6) is 0.741. The van der Waals surface area contributed by atoms with Crippen molar-refractivity contribution in [1.29, 1.82) is 0 Å². The number of aliphatic hydroxyl groups excluding tert-OH is 1. The minimum Gasteiger partial charge on any atom is -0.391 e. The van der Waals surface area contributed by atoms with Crippen molar-refractivity contribution < 1.29 is 9.90 Å². The van der Waals surface area contributed by atoms with Crippen LogP contribution >= 0.6 is 11.6 Å². The molecule has 1 aliphatic heterocycles. The van der Waals surface area contributed by atoms with E-state index in [1.165, 1.54) is 6.42 Å². The SMILES string of the molecule is O=C(N[C@@H]1CCCC[C@H]1O)c1cnc(N2CCCCC2)c(-c2ccc(Cl)cc2)c1. The second kappa shape index (κ2) is 9.14. The van der Waals surface area contributed by atoms with Gasteiger partial charge in [0.25, 0.3) is 5.91 Å². The highest BCUT2D eigenvalue weighted by Crippen LogP contribution is 2.32. The average molecular weight is 414 g/mol. The van der Waals surface area contributed by atoms with E-state index in [1.54, 1.807) is 6.20 Å². The van der Waals surface area contributed by atoms with E-state index >= 15 is 0 Å². The molecule has 1 aromatic carbocycles. The Morgan fingerprint density at radius 1 is 1.07 bits per heavy atom. The number of hydrogen-bond donors (Lipinski definition) is 2. The first-order valence-corrected chi connectivity index (χ1v) is 11.0. The van der Waals surface area contributed by atoms with E-state index < -0.39 is 6.10 Å². The van der Waals surface area contributed by atoms with Crippen LogP contribution in [0.2, 0.25) is 5.02 Å². The lowest BCUT2D eigenvalue weighted by molar-refractivity contribution is 0.0717. The molecule has 1 aromatic heterocycles. The molecule has 2 heterocycles. The molecule has 1 aliphatic carbocycles. The zero-order valence-electron chi connectivity index (χ0n) is 16.6. The standard InChI is InChI=1S/C23H28ClN3O2/c24-18-10-8-16(9-11-18)19-14-17(15-25-22(19)27-12-4-1-5-13-27)23(29)26-20-6-2-3-7-21(20)28/h8-11,14-15,20-21,28H,1-7,12-13H2,(H,26,29)/t20-,21-/m1/s1. The van der Waals surface area contributed by atoms with Gasteiger partial charge in [0, 0.05) is 29.9 Å². The van der Waals surface area contributed by atoms with Gasteiger partial charge in [-0.1, -0.05) is 36.6 Å². The number of rotatable bonds is 4. The maximum absolute atomic E-state index is 12.9. The predicted octanol–water partition coefficient (Wildman–Crippen LogP) is 4.43. The number of nitrogens with one attached hydrogen (secondary N) is 1. The Labute approximate surface area is 177 Å². The largest absolute Gasteiger partial charge is 0.391 e. The van der Waals surface area contributed by atoms with Crippen molar-refractivity contribution in [2.45, 2.75) is 57.1 Å². The van der Waals surface area contributed by atoms with Gasteiger partial charge >= 0.3 is 0 Å². The smallest absolute Gasteiger partial charge is 0.253 e. The Morgan fingerprint density at radius 2 is 1.79 bits per heavy atom. The highest BCUT2D eigenvalue weighted by molar-refractivity contribution is 6.30. The molecule has 29 heavy (non-hydrogen) atoms. The molecule has 1 saturated carbocycles. The van der Waals surface area contributed by atoms with E-state index in [9.17, 15) is 9.90 Å². The van der Waals surface area contributed by atoms with Gasteiger partial charge in [0.1, 0.15) is 5.82 Å². The lowest BCUT2D eigenvalue weighted by Gasteiger charge is -2.30. The molecule has 0 bridgehead atoms. The molecule has 0 radical (unpaired) electrons. The number of anilines is 1. The highest BCUT2D eigenvalue weighted by atomic mass is 35.5. The molecule has 1 saturated heterocycles. The van der Waals surface area contributed by atoms with Crippen LogP contribution < -0.4 is 10.2 Å². The topological polar surface area (TPSA) is 65.5 Å². The van der Waals surface area contributed by atoms with Crippen molar-refractivity contribution in [3.8, 4) is 11.1 Å². The summed E-state index contributed by atoms with van der Waals surface area (Å²) >= 11 is 6.08. The van der Waals surface area contributed by atoms with Crippen LogP contribution in [0.25, 0.3) is 11.1 Å². The highest BCUT2D eigenvalue weighted by Gasteiger charge is 2.26. The number of carbonyl (C=O) groups is 1. The van der Waals surface area contributed by atoms with E-state index in [-0.39, 0.29) is 11.9 Å². The summed E-state index contributed by atoms with van der Waals surface area (Å²) in [6, 6.07) is 9.41. The lowest BCUT2D eigenvalue weighted by Crippen LogP contribution is -2.45. The molecule has 0 spiro atoms. The molecule has 0 unspecified atom stereocenters. The third-order valence-corrected chi connectivity index (χ3v) is 6.24. The Bertz CT molecular complexity index is 850. The van der Waals surface area contributed by atoms with Crippen LogP contribution in [0.5, 0.6) is 0 Å². The number of carbonyl (C=O) groups excluding carboxylic acids is 1. The van der Waals surface area contributed by atoms with Crippen LogP contribution in [0.1, 0.15) is 55.3 Å². The summed E-state index contributed by atoms with van der Waals surface area (Å²) in [5, 5.41) is 13.9. The number of amides is 1. The monoisotopic (exact) mass is 413 g/mol. The Kier molecular flexibility index (Phi) is 6.36. The van der Waals surface area contributed by atoms with E-state index in [2.05, 4.69) is 10.2 Å². The Morgan fingerprint density at radius 3 is 2.52 bits per heavy atom. The van der Waals surface area contributed by atoms with Crippen molar-refractivity contribution in [3.05, 3.63) is 47.1 Å². The predicted molar refractivity (Wildman–Crippen MR) is 116 cm³/mol. The second-order valence-electron chi connectivity index (χ2n) is 8.08. The summed E-state index contributed by atoms with van der Waals surface area (Å²) in [6.45, 7) is 1.96. The van der Waals surface area contributed by atoms with Crippen molar-refractivity contribution in [3.63, 3.8) is 0 Å². The van der Waals surface area contributed by atoms with E-state index in [0.29, 0.717) is 10.6 Å².